The van der Waals surface area contributed by atoms with Gasteiger partial charge in [0.1, 0.15) is 0 Å². The molecule has 1 heterocycles. The third-order valence-corrected chi connectivity index (χ3v) is 3.71. The van der Waals surface area contributed by atoms with Gasteiger partial charge in [-0.25, -0.2) is 0 Å². The van der Waals surface area contributed by atoms with E-state index in [2.05, 4.69) is 5.32 Å². The van der Waals surface area contributed by atoms with Crippen molar-refractivity contribution in [2.75, 3.05) is 31.7 Å². The Hall–Kier alpha value is -1.59. The van der Waals surface area contributed by atoms with E-state index in [9.17, 15) is 9.59 Å². The summed E-state index contributed by atoms with van der Waals surface area (Å²) in [4.78, 5) is 25.7. The fourth-order valence-corrected chi connectivity index (χ4v) is 2.45. The van der Waals surface area contributed by atoms with E-state index in [0.29, 0.717) is 24.7 Å². The van der Waals surface area contributed by atoms with E-state index in [1.54, 1.807) is 36.3 Å². The van der Waals surface area contributed by atoms with Gasteiger partial charge in [0, 0.05) is 43.9 Å². The zero-order valence-electron chi connectivity index (χ0n) is 12.0. The van der Waals surface area contributed by atoms with Crippen molar-refractivity contribution >= 4 is 29.1 Å². The molecule has 6 heteroatoms. The first-order valence-electron chi connectivity index (χ1n) is 6.94. The van der Waals surface area contributed by atoms with E-state index in [-0.39, 0.29) is 24.2 Å². The molecule has 0 aliphatic carbocycles. The molecule has 0 bridgehead atoms. The van der Waals surface area contributed by atoms with E-state index >= 15 is 0 Å². The number of halogens is 1. The lowest BCUT2D eigenvalue weighted by Gasteiger charge is -2.16. The molecule has 21 heavy (non-hydrogen) atoms. The van der Waals surface area contributed by atoms with Gasteiger partial charge in [0.25, 0.3) is 0 Å². The monoisotopic (exact) mass is 310 g/mol. The van der Waals surface area contributed by atoms with E-state index in [4.69, 9.17) is 16.3 Å². The first-order chi connectivity index (χ1) is 10.1. The standard InChI is InChI=1S/C15H19ClN2O3/c1-21-8-2-7-17-15(20)11-9-14(19)18(10-11)13-5-3-12(16)4-6-13/h3-6,11H,2,7-10H2,1H3,(H,17,20). The van der Waals surface area contributed by atoms with E-state index in [1.165, 1.54) is 0 Å². The van der Waals surface area contributed by atoms with Gasteiger partial charge in [-0.3, -0.25) is 9.59 Å². The van der Waals surface area contributed by atoms with Crippen LogP contribution in [0.2, 0.25) is 5.02 Å². The summed E-state index contributed by atoms with van der Waals surface area (Å²) in [5, 5.41) is 3.47. The average Bonchev–Trinajstić information content (AvgIpc) is 2.86. The zero-order valence-corrected chi connectivity index (χ0v) is 12.7. The molecule has 2 amide bonds. The molecule has 2 rings (SSSR count). The third kappa shape index (κ3) is 4.19. The molecule has 5 nitrogen and oxygen atoms in total. The molecular formula is C15H19ClN2O3. The predicted octanol–water partition coefficient (Wildman–Crippen LogP) is 1.85. The van der Waals surface area contributed by atoms with Crippen LogP contribution in [0.4, 0.5) is 5.69 Å². The van der Waals surface area contributed by atoms with Gasteiger partial charge in [-0.1, -0.05) is 11.6 Å². The number of rotatable bonds is 6. The van der Waals surface area contributed by atoms with E-state index < -0.39 is 0 Å². The fourth-order valence-electron chi connectivity index (χ4n) is 2.33. The van der Waals surface area contributed by atoms with Gasteiger partial charge in [-0.05, 0) is 30.7 Å². The number of nitrogens with zero attached hydrogens (tertiary/aromatic N) is 1. The molecule has 1 fully saturated rings. The molecule has 114 valence electrons. The molecule has 1 aromatic carbocycles. The fraction of sp³-hybridized carbons (Fsp3) is 0.467. The Kier molecular flexibility index (Phi) is 5.59. The molecule has 0 aromatic heterocycles. The summed E-state index contributed by atoms with van der Waals surface area (Å²) in [6, 6.07) is 7.06. The summed E-state index contributed by atoms with van der Waals surface area (Å²) in [7, 11) is 1.63. The Balaban J connectivity index is 1.90. The molecule has 0 radical (unpaired) electrons. The van der Waals surface area contributed by atoms with Crippen molar-refractivity contribution < 1.29 is 14.3 Å². The SMILES string of the molecule is COCCCNC(=O)C1CC(=O)N(c2ccc(Cl)cc2)C1. The van der Waals surface area contributed by atoms with Crippen LogP contribution in [0.1, 0.15) is 12.8 Å². The highest BCUT2D eigenvalue weighted by atomic mass is 35.5. The van der Waals surface area contributed by atoms with Crippen LogP contribution >= 0.6 is 11.6 Å². The Morgan fingerprint density at radius 1 is 1.43 bits per heavy atom. The highest BCUT2D eigenvalue weighted by Crippen LogP contribution is 2.26. The predicted molar refractivity (Wildman–Crippen MR) is 81.4 cm³/mol. The maximum atomic E-state index is 12.0. The topological polar surface area (TPSA) is 58.6 Å². The first-order valence-corrected chi connectivity index (χ1v) is 7.32. The van der Waals surface area contributed by atoms with Crippen molar-refractivity contribution in [2.24, 2.45) is 5.92 Å². The van der Waals surface area contributed by atoms with Crippen molar-refractivity contribution in [1.29, 1.82) is 0 Å². The summed E-state index contributed by atoms with van der Waals surface area (Å²) in [6.07, 6.45) is 1.02. The summed E-state index contributed by atoms with van der Waals surface area (Å²) in [5.74, 6) is -0.402. The summed E-state index contributed by atoms with van der Waals surface area (Å²) < 4.78 is 4.93. The summed E-state index contributed by atoms with van der Waals surface area (Å²) in [6.45, 7) is 1.59. The molecule has 1 atom stereocenters. The Morgan fingerprint density at radius 2 is 2.14 bits per heavy atom. The lowest BCUT2D eigenvalue weighted by Crippen LogP contribution is -2.33. The molecule has 1 unspecified atom stereocenters. The first kappa shape index (κ1) is 15.8. The minimum atomic E-state index is -0.296. The van der Waals surface area contributed by atoms with Crippen molar-refractivity contribution in [2.45, 2.75) is 12.8 Å². The number of ether oxygens (including phenoxy) is 1. The van der Waals surface area contributed by atoms with Crippen molar-refractivity contribution in [3.8, 4) is 0 Å². The number of carbonyl (C=O) groups excluding carboxylic acids is 2. The van der Waals surface area contributed by atoms with Gasteiger partial charge < -0.3 is 15.0 Å². The number of hydrogen-bond donors (Lipinski definition) is 1. The maximum absolute atomic E-state index is 12.0. The third-order valence-electron chi connectivity index (χ3n) is 3.46. The maximum Gasteiger partial charge on any atom is 0.227 e. The molecule has 1 N–H and O–H groups in total. The lowest BCUT2D eigenvalue weighted by molar-refractivity contribution is -0.126. The molecule has 0 saturated carbocycles. The van der Waals surface area contributed by atoms with Gasteiger partial charge in [0.2, 0.25) is 11.8 Å². The van der Waals surface area contributed by atoms with Gasteiger partial charge in [0.05, 0.1) is 5.92 Å². The Labute approximate surface area is 129 Å². The number of amides is 2. The average molecular weight is 311 g/mol. The van der Waals surface area contributed by atoms with Gasteiger partial charge in [0.15, 0.2) is 0 Å². The van der Waals surface area contributed by atoms with Crippen LogP contribution in [-0.2, 0) is 14.3 Å². The van der Waals surface area contributed by atoms with Crippen molar-refractivity contribution in [3.05, 3.63) is 29.3 Å². The normalized spacial score (nSPS) is 18.1. The van der Waals surface area contributed by atoms with Gasteiger partial charge in [-0.15, -0.1) is 0 Å². The number of anilines is 1. The summed E-state index contributed by atoms with van der Waals surface area (Å²) >= 11 is 5.84. The van der Waals surface area contributed by atoms with Crippen LogP contribution in [-0.4, -0.2) is 38.6 Å². The number of benzene rings is 1. The van der Waals surface area contributed by atoms with E-state index in [0.717, 1.165) is 12.1 Å². The number of carbonyl (C=O) groups is 2. The molecule has 1 saturated heterocycles. The van der Waals surface area contributed by atoms with Crippen LogP contribution < -0.4 is 10.2 Å². The molecular weight excluding hydrogens is 292 g/mol. The van der Waals surface area contributed by atoms with Crippen LogP contribution in [0.5, 0.6) is 0 Å². The molecule has 1 aromatic rings. The number of methoxy groups -OCH3 is 1. The second-order valence-electron chi connectivity index (χ2n) is 5.02. The minimum Gasteiger partial charge on any atom is -0.385 e. The van der Waals surface area contributed by atoms with Crippen LogP contribution in [0, 0.1) is 5.92 Å². The van der Waals surface area contributed by atoms with E-state index in [1.807, 2.05) is 0 Å². The van der Waals surface area contributed by atoms with Crippen LogP contribution in [0.3, 0.4) is 0 Å². The molecule has 1 aliphatic heterocycles. The zero-order chi connectivity index (χ0) is 15.2. The number of nitrogens with one attached hydrogen (secondary N) is 1. The lowest BCUT2D eigenvalue weighted by atomic mass is 10.1. The molecule has 0 spiro atoms. The highest BCUT2D eigenvalue weighted by Gasteiger charge is 2.34. The Bertz CT molecular complexity index is 504. The van der Waals surface area contributed by atoms with Gasteiger partial charge >= 0.3 is 0 Å². The smallest absolute Gasteiger partial charge is 0.227 e. The number of hydrogen-bond acceptors (Lipinski definition) is 3. The Morgan fingerprint density at radius 3 is 2.81 bits per heavy atom. The second kappa shape index (κ2) is 7.43. The largest absolute Gasteiger partial charge is 0.385 e. The van der Waals surface area contributed by atoms with Crippen LogP contribution in [0.15, 0.2) is 24.3 Å². The minimum absolute atomic E-state index is 0.0330. The van der Waals surface area contributed by atoms with Crippen LogP contribution in [0.25, 0.3) is 0 Å². The van der Waals surface area contributed by atoms with Crippen molar-refractivity contribution in [1.82, 2.24) is 5.32 Å². The van der Waals surface area contributed by atoms with Crippen molar-refractivity contribution in [3.63, 3.8) is 0 Å². The van der Waals surface area contributed by atoms with Gasteiger partial charge in [-0.2, -0.15) is 0 Å². The molecule has 1 aliphatic rings. The highest BCUT2D eigenvalue weighted by molar-refractivity contribution is 6.30. The summed E-state index contributed by atoms with van der Waals surface area (Å²) in [5.41, 5.74) is 0.777. The quantitative estimate of drug-likeness (QED) is 0.816. The second-order valence-corrected chi connectivity index (χ2v) is 5.46.